The standard InChI is InChI=1S/C52H85N15O18/c1-6-26(4)41(56)50(82)62-32(14-17-40(73)74)44(76)64-34(21-28-23-57-24-58-28)48(80)63-33(20-25(2)3)47(79)59-29(10-7-8-18-53)46(78)66-42(27(5)68)51(83)67-19-9-11-36(67)49(81)61-31(13-16-39(71)72)43(75)60-30(12-15-37(54)69)45(77)65-35(52(84)85)22-38(55)70/h23-27,29-36,41-42,68H,6-22,53,56H2,1-5H3,(H2,54,69)(H2,55,70)(H,57,58)(H,59,79)(H,60,75)(H,61,81)(H,62,82)(H,63,80)(H,64,76)(H,65,77)(H,66,78)(H,71,72)(H,73,74)(H,84,85)/t26-,27+,29-,30-,31-,32-,33-,34-,35-,36-,41-,42-/m0/s1. The lowest BCUT2D eigenvalue weighted by Crippen LogP contribution is -2.62. The number of imidazole rings is 1. The number of H-pyrrole nitrogens is 1. The molecule has 0 unspecified atom stereocenters. The second kappa shape index (κ2) is 36.4. The molecule has 12 atom stereocenters. The van der Waals surface area contributed by atoms with Gasteiger partial charge < -0.3 is 95.8 Å². The lowest BCUT2D eigenvalue weighted by molar-refractivity contribution is -0.145. The largest absolute Gasteiger partial charge is 0.481 e. The highest BCUT2D eigenvalue weighted by molar-refractivity contribution is 5.99. The molecule has 1 saturated heterocycles. The Morgan fingerprint density at radius 1 is 0.635 bits per heavy atom. The molecule has 2 rings (SSSR count). The molecule has 1 aromatic rings. The zero-order valence-corrected chi connectivity index (χ0v) is 48.4. The third-order valence-electron chi connectivity index (χ3n) is 13.9. The van der Waals surface area contributed by atoms with Gasteiger partial charge in [-0.2, -0.15) is 0 Å². The minimum absolute atomic E-state index is 0.0346. The number of carbonyl (C=O) groups excluding carboxylic acids is 11. The summed E-state index contributed by atoms with van der Waals surface area (Å²) in [6.45, 7) is 8.19. The van der Waals surface area contributed by atoms with Gasteiger partial charge in [-0.3, -0.25) is 62.3 Å². The third-order valence-corrected chi connectivity index (χ3v) is 13.9. The Labute approximate surface area is 490 Å². The van der Waals surface area contributed by atoms with Crippen LogP contribution >= 0.6 is 0 Å². The Morgan fingerprint density at radius 3 is 1.60 bits per heavy atom. The molecule has 0 aromatic carbocycles. The van der Waals surface area contributed by atoms with Gasteiger partial charge in [-0.15, -0.1) is 0 Å². The first-order valence-electron chi connectivity index (χ1n) is 28.0. The van der Waals surface area contributed by atoms with Gasteiger partial charge in [-0.25, -0.2) is 9.78 Å². The predicted octanol–water partition coefficient (Wildman–Crippen LogP) is -5.29. The molecule has 11 amide bonds. The number of aliphatic hydroxyl groups excluding tert-OH is 1. The number of aromatic nitrogens is 2. The topological polar surface area (TPSA) is 552 Å². The monoisotopic (exact) mass is 1210 g/mol. The molecule has 33 heteroatoms. The summed E-state index contributed by atoms with van der Waals surface area (Å²) < 4.78 is 0. The van der Waals surface area contributed by atoms with Crippen molar-refractivity contribution in [1.82, 2.24) is 57.4 Å². The van der Waals surface area contributed by atoms with Crippen LogP contribution in [0, 0.1) is 11.8 Å². The number of aliphatic carboxylic acids is 3. The summed E-state index contributed by atoms with van der Waals surface area (Å²) >= 11 is 0. The highest BCUT2D eigenvalue weighted by Crippen LogP contribution is 2.21. The molecule has 0 saturated carbocycles. The lowest BCUT2D eigenvalue weighted by Gasteiger charge is -2.32. The Bertz CT molecular complexity index is 2500. The Hall–Kier alpha value is -8.33. The number of aliphatic hydroxyl groups is 1. The van der Waals surface area contributed by atoms with Crippen molar-refractivity contribution >= 4 is 82.9 Å². The maximum Gasteiger partial charge on any atom is 0.326 e. The van der Waals surface area contributed by atoms with Crippen LogP contribution < -0.4 is 65.5 Å². The van der Waals surface area contributed by atoms with Crippen molar-refractivity contribution in [1.29, 1.82) is 0 Å². The maximum absolute atomic E-state index is 14.4. The van der Waals surface area contributed by atoms with Crippen LogP contribution in [0.3, 0.4) is 0 Å². The highest BCUT2D eigenvalue weighted by Gasteiger charge is 2.42. The van der Waals surface area contributed by atoms with E-state index in [2.05, 4.69) is 47.2 Å². The second-order valence-electron chi connectivity index (χ2n) is 21.3. The van der Waals surface area contributed by atoms with E-state index in [0.717, 1.165) is 11.8 Å². The summed E-state index contributed by atoms with van der Waals surface area (Å²) in [7, 11) is 0. The van der Waals surface area contributed by atoms with Crippen LogP contribution in [0.4, 0.5) is 0 Å². The van der Waals surface area contributed by atoms with Gasteiger partial charge in [0.15, 0.2) is 0 Å². The predicted molar refractivity (Wildman–Crippen MR) is 298 cm³/mol. The molecule has 85 heavy (non-hydrogen) atoms. The Morgan fingerprint density at radius 2 is 1.12 bits per heavy atom. The first kappa shape index (κ1) is 72.8. The molecule has 1 aliphatic heterocycles. The summed E-state index contributed by atoms with van der Waals surface area (Å²) in [5.41, 5.74) is 22.5. The van der Waals surface area contributed by atoms with Crippen molar-refractivity contribution in [3.8, 4) is 0 Å². The number of nitrogens with one attached hydrogen (secondary N) is 9. The molecule has 1 aliphatic rings. The van der Waals surface area contributed by atoms with Crippen LogP contribution in [-0.2, 0) is 73.5 Å². The number of amides is 11. The normalized spacial score (nSPS) is 16.9. The molecule has 1 fully saturated rings. The molecular weight excluding hydrogens is 1120 g/mol. The first-order valence-corrected chi connectivity index (χ1v) is 28.0. The molecule has 1 aromatic heterocycles. The van der Waals surface area contributed by atoms with E-state index in [1.54, 1.807) is 27.7 Å². The van der Waals surface area contributed by atoms with E-state index in [-0.39, 0.29) is 69.9 Å². The summed E-state index contributed by atoms with van der Waals surface area (Å²) in [5.74, 6) is -15.9. The van der Waals surface area contributed by atoms with Gasteiger partial charge >= 0.3 is 17.9 Å². The molecule has 476 valence electrons. The van der Waals surface area contributed by atoms with Gasteiger partial charge in [0.25, 0.3) is 0 Å². The van der Waals surface area contributed by atoms with Crippen molar-refractivity contribution in [3.05, 3.63) is 18.2 Å². The van der Waals surface area contributed by atoms with E-state index in [1.165, 1.54) is 12.5 Å². The molecular formula is C52H85N15O18. The molecule has 21 N–H and O–H groups in total. The summed E-state index contributed by atoms with van der Waals surface area (Å²) in [6, 6.07) is -15.4. The van der Waals surface area contributed by atoms with Gasteiger partial charge in [0.05, 0.1) is 24.9 Å². The van der Waals surface area contributed by atoms with Crippen LogP contribution in [-0.4, -0.2) is 198 Å². The van der Waals surface area contributed by atoms with Gasteiger partial charge in [-0.05, 0) is 83.1 Å². The van der Waals surface area contributed by atoms with Gasteiger partial charge in [0, 0.05) is 44.1 Å². The zero-order valence-electron chi connectivity index (χ0n) is 48.4. The fraction of sp³-hybridized carbons (Fsp3) is 0.673. The van der Waals surface area contributed by atoms with E-state index in [4.69, 9.17) is 22.9 Å². The smallest absolute Gasteiger partial charge is 0.326 e. The van der Waals surface area contributed by atoms with E-state index in [0.29, 0.717) is 18.5 Å². The average molecular weight is 1210 g/mol. The fourth-order valence-electron chi connectivity index (χ4n) is 8.85. The van der Waals surface area contributed by atoms with E-state index in [9.17, 15) is 87.5 Å². The SMILES string of the molecule is CC[C@H](C)[C@H](N)C(=O)N[C@@H](CCC(=O)O)C(=O)N[C@@H](Cc1cnc[nH]1)C(=O)N[C@@H](CC(C)C)C(=O)N[C@@H](CCCCN)C(=O)N[C@H](C(=O)N1CCC[C@H]1C(=O)N[C@@H](CCC(=O)O)C(=O)N[C@@H](CCC(N)=O)C(=O)N[C@@H](CC(N)=O)C(=O)O)[C@@H](C)O. The van der Waals surface area contributed by atoms with Crippen LogP contribution in [0.25, 0.3) is 0 Å². The number of likely N-dealkylation sites (tertiary alicyclic amines) is 1. The molecule has 0 bridgehead atoms. The number of carboxylic acid groups (broad SMARTS) is 3. The first-order chi connectivity index (χ1) is 39.9. The van der Waals surface area contributed by atoms with Crippen LogP contribution in [0.5, 0.6) is 0 Å². The van der Waals surface area contributed by atoms with Gasteiger partial charge in [-0.1, -0.05) is 34.1 Å². The van der Waals surface area contributed by atoms with Crippen molar-refractivity contribution in [2.24, 2.45) is 34.8 Å². The van der Waals surface area contributed by atoms with Crippen LogP contribution in [0.2, 0.25) is 0 Å². The van der Waals surface area contributed by atoms with Gasteiger partial charge in [0.1, 0.15) is 54.4 Å². The number of primary amides is 2. The summed E-state index contributed by atoms with van der Waals surface area (Å²) in [5, 5.41) is 58.9. The van der Waals surface area contributed by atoms with Gasteiger partial charge in [0.2, 0.25) is 65.0 Å². The number of hydrogen-bond donors (Lipinski definition) is 17. The third kappa shape index (κ3) is 25.6. The number of nitrogens with zero attached hydrogens (tertiary/aromatic N) is 2. The quantitative estimate of drug-likeness (QED) is 0.0273. The number of hydrogen-bond acceptors (Lipinski definition) is 18. The maximum atomic E-state index is 14.4. The minimum atomic E-state index is -1.87. The van der Waals surface area contributed by atoms with Crippen LogP contribution in [0.1, 0.15) is 130 Å². The molecule has 0 spiro atoms. The zero-order chi connectivity index (χ0) is 64.2. The number of nitrogens with two attached hydrogens (primary N) is 4. The Kier molecular flexibility index (Phi) is 31.2. The van der Waals surface area contributed by atoms with Crippen molar-refractivity contribution in [2.45, 2.75) is 197 Å². The van der Waals surface area contributed by atoms with E-state index < -0.39 is 188 Å². The molecule has 0 aliphatic carbocycles. The number of carbonyl (C=O) groups is 14. The van der Waals surface area contributed by atoms with Crippen molar-refractivity contribution in [2.75, 3.05) is 13.1 Å². The minimum Gasteiger partial charge on any atom is -0.481 e. The Balaban J connectivity index is 2.45. The highest BCUT2D eigenvalue weighted by atomic mass is 16.4. The van der Waals surface area contributed by atoms with Crippen molar-refractivity contribution in [3.63, 3.8) is 0 Å². The van der Waals surface area contributed by atoms with E-state index >= 15 is 0 Å². The fourth-order valence-corrected chi connectivity index (χ4v) is 8.85. The molecule has 33 nitrogen and oxygen atoms in total. The number of unbranched alkanes of at least 4 members (excludes halogenated alkanes) is 1. The van der Waals surface area contributed by atoms with Crippen LogP contribution in [0.15, 0.2) is 12.5 Å². The average Bonchev–Trinajstić information content (AvgIpc) is 4.34. The second-order valence-corrected chi connectivity index (χ2v) is 21.3. The van der Waals surface area contributed by atoms with E-state index in [1.807, 2.05) is 5.32 Å². The lowest BCUT2D eigenvalue weighted by atomic mass is 9.98. The number of carboxylic acids is 3. The number of rotatable bonds is 40. The molecule has 2 heterocycles. The summed E-state index contributed by atoms with van der Waals surface area (Å²) in [4.78, 5) is 191. The molecule has 0 radical (unpaired) electrons. The number of aromatic amines is 1. The van der Waals surface area contributed by atoms with Crippen molar-refractivity contribution < 1.29 is 87.5 Å². The summed E-state index contributed by atoms with van der Waals surface area (Å²) in [6.07, 6.45) is -2.28.